The van der Waals surface area contributed by atoms with E-state index in [-0.39, 0.29) is 23.7 Å². The molecule has 2 aromatic carbocycles. The number of aryl methyl sites for hydroxylation is 1. The second-order valence-corrected chi connectivity index (χ2v) is 6.89. The molecule has 0 saturated heterocycles. The molecule has 1 heterocycles. The van der Waals surface area contributed by atoms with Crippen molar-refractivity contribution in [2.45, 2.75) is 13.5 Å². The van der Waals surface area contributed by atoms with Gasteiger partial charge in [0.05, 0.1) is 19.3 Å². The number of ether oxygens (including phenoxy) is 1. The van der Waals surface area contributed by atoms with Crippen LogP contribution < -0.4 is 15.6 Å². The zero-order chi connectivity index (χ0) is 19.4. The van der Waals surface area contributed by atoms with Gasteiger partial charge in [-0.25, -0.2) is 4.68 Å². The Kier molecular flexibility index (Phi) is 5.71. The summed E-state index contributed by atoms with van der Waals surface area (Å²) in [5.41, 5.74) is 1.79. The third-order valence-corrected chi connectivity index (χ3v) is 4.45. The molecule has 1 N–H and O–H groups in total. The number of nitrogens with one attached hydrogen (secondary N) is 1. The molecule has 27 heavy (non-hydrogen) atoms. The SMILES string of the molecule is COc1cccc(Cn2nc(C)cc(NC(=O)c3ccc(Br)cc3)c2=O)c1. The number of hydrogen-bond acceptors (Lipinski definition) is 4. The van der Waals surface area contributed by atoms with Gasteiger partial charge in [0.1, 0.15) is 11.4 Å². The van der Waals surface area contributed by atoms with Crippen LogP contribution in [-0.2, 0) is 6.54 Å². The summed E-state index contributed by atoms with van der Waals surface area (Å²) in [6.07, 6.45) is 0. The van der Waals surface area contributed by atoms with Gasteiger partial charge in [-0.3, -0.25) is 9.59 Å². The number of nitrogens with zero attached hydrogens (tertiary/aromatic N) is 2. The van der Waals surface area contributed by atoms with Gasteiger partial charge in [0.15, 0.2) is 0 Å². The molecule has 0 aliphatic rings. The number of carbonyl (C=O) groups is 1. The average Bonchev–Trinajstić information content (AvgIpc) is 2.66. The predicted molar refractivity (Wildman–Crippen MR) is 107 cm³/mol. The van der Waals surface area contributed by atoms with Crippen LogP contribution in [0, 0.1) is 6.92 Å². The average molecular weight is 428 g/mol. The summed E-state index contributed by atoms with van der Waals surface area (Å²) >= 11 is 3.33. The van der Waals surface area contributed by atoms with Gasteiger partial charge >= 0.3 is 0 Å². The molecule has 3 rings (SSSR count). The molecule has 0 spiro atoms. The first-order valence-corrected chi connectivity index (χ1v) is 9.04. The van der Waals surface area contributed by atoms with Crippen molar-refractivity contribution in [1.29, 1.82) is 0 Å². The summed E-state index contributed by atoms with van der Waals surface area (Å²) in [7, 11) is 1.59. The fourth-order valence-electron chi connectivity index (χ4n) is 2.61. The Morgan fingerprint density at radius 3 is 2.63 bits per heavy atom. The van der Waals surface area contributed by atoms with Crippen LogP contribution in [0.5, 0.6) is 5.75 Å². The molecule has 138 valence electrons. The maximum absolute atomic E-state index is 12.7. The smallest absolute Gasteiger partial charge is 0.290 e. The van der Waals surface area contributed by atoms with Gasteiger partial charge in [-0.15, -0.1) is 0 Å². The molecule has 0 aliphatic carbocycles. The summed E-state index contributed by atoms with van der Waals surface area (Å²) in [5, 5.41) is 6.96. The van der Waals surface area contributed by atoms with Crippen molar-refractivity contribution >= 4 is 27.5 Å². The number of benzene rings is 2. The second kappa shape index (κ2) is 8.18. The summed E-state index contributed by atoms with van der Waals surface area (Å²) in [6.45, 7) is 2.05. The number of methoxy groups -OCH3 is 1. The van der Waals surface area contributed by atoms with Gasteiger partial charge in [-0.1, -0.05) is 28.1 Å². The number of hydrogen-bond donors (Lipinski definition) is 1. The quantitative estimate of drug-likeness (QED) is 0.674. The Morgan fingerprint density at radius 2 is 1.93 bits per heavy atom. The molecule has 3 aromatic rings. The zero-order valence-corrected chi connectivity index (χ0v) is 16.5. The number of amides is 1. The Labute approximate surface area is 164 Å². The Morgan fingerprint density at radius 1 is 1.19 bits per heavy atom. The fraction of sp³-hybridized carbons (Fsp3) is 0.150. The first kappa shape index (κ1) is 18.8. The highest BCUT2D eigenvalue weighted by Gasteiger charge is 2.12. The molecule has 0 aliphatic heterocycles. The molecule has 6 nitrogen and oxygen atoms in total. The van der Waals surface area contributed by atoms with Gasteiger partial charge in [0.2, 0.25) is 0 Å². The van der Waals surface area contributed by atoms with Crippen molar-refractivity contribution in [1.82, 2.24) is 9.78 Å². The summed E-state index contributed by atoms with van der Waals surface area (Å²) in [4.78, 5) is 25.2. The van der Waals surface area contributed by atoms with Gasteiger partial charge in [0.25, 0.3) is 11.5 Å². The van der Waals surface area contributed by atoms with E-state index in [0.29, 0.717) is 17.0 Å². The number of carbonyl (C=O) groups excluding carboxylic acids is 1. The summed E-state index contributed by atoms with van der Waals surface area (Å²) in [5.74, 6) is 0.357. The first-order chi connectivity index (χ1) is 13.0. The molecule has 7 heteroatoms. The lowest BCUT2D eigenvalue weighted by Crippen LogP contribution is -2.28. The van der Waals surface area contributed by atoms with Crippen LogP contribution in [0.1, 0.15) is 21.6 Å². The Bertz CT molecular complexity index is 1030. The first-order valence-electron chi connectivity index (χ1n) is 8.25. The van der Waals surface area contributed by atoms with E-state index in [1.165, 1.54) is 4.68 Å². The molecule has 0 atom stereocenters. The Hall–Kier alpha value is -2.93. The van der Waals surface area contributed by atoms with Crippen LogP contribution in [0.2, 0.25) is 0 Å². The fourth-order valence-corrected chi connectivity index (χ4v) is 2.87. The second-order valence-electron chi connectivity index (χ2n) is 5.97. The van der Waals surface area contributed by atoms with E-state index in [0.717, 1.165) is 10.0 Å². The van der Waals surface area contributed by atoms with Gasteiger partial charge in [-0.2, -0.15) is 5.10 Å². The standard InChI is InChI=1S/C20H18BrN3O3/c1-13-10-18(22-19(25)15-6-8-16(21)9-7-15)20(26)24(23-13)12-14-4-3-5-17(11-14)27-2/h3-11H,12H2,1-2H3,(H,22,25). The minimum Gasteiger partial charge on any atom is -0.497 e. The lowest BCUT2D eigenvalue weighted by molar-refractivity contribution is 0.102. The third-order valence-electron chi connectivity index (χ3n) is 3.92. The van der Waals surface area contributed by atoms with E-state index < -0.39 is 0 Å². The maximum atomic E-state index is 12.7. The lowest BCUT2D eigenvalue weighted by Gasteiger charge is -2.11. The van der Waals surface area contributed by atoms with Crippen molar-refractivity contribution in [2.75, 3.05) is 12.4 Å². The summed E-state index contributed by atoms with van der Waals surface area (Å²) < 4.78 is 7.42. The van der Waals surface area contributed by atoms with E-state index in [9.17, 15) is 9.59 Å². The highest BCUT2D eigenvalue weighted by Crippen LogP contribution is 2.14. The van der Waals surface area contributed by atoms with Crippen molar-refractivity contribution in [3.63, 3.8) is 0 Å². The van der Waals surface area contributed by atoms with E-state index in [1.807, 2.05) is 24.3 Å². The predicted octanol–water partition coefficient (Wildman–Crippen LogP) is 3.62. The molecular weight excluding hydrogens is 410 g/mol. The topological polar surface area (TPSA) is 73.2 Å². The van der Waals surface area contributed by atoms with E-state index in [2.05, 4.69) is 26.3 Å². The van der Waals surface area contributed by atoms with E-state index in [1.54, 1.807) is 44.4 Å². The third kappa shape index (κ3) is 4.62. The van der Waals surface area contributed by atoms with Crippen LogP contribution in [0.4, 0.5) is 5.69 Å². The molecule has 0 bridgehead atoms. The van der Waals surface area contributed by atoms with Crippen molar-refractivity contribution in [2.24, 2.45) is 0 Å². The Balaban J connectivity index is 1.87. The monoisotopic (exact) mass is 427 g/mol. The van der Waals surface area contributed by atoms with E-state index in [4.69, 9.17) is 4.74 Å². The highest BCUT2D eigenvalue weighted by atomic mass is 79.9. The number of anilines is 1. The van der Waals surface area contributed by atoms with E-state index >= 15 is 0 Å². The van der Waals surface area contributed by atoms with Crippen molar-refractivity contribution in [3.8, 4) is 5.75 Å². The van der Waals surface area contributed by atoms with Crippen LogP contribution in [0.3, 0.4) is 0 Å². The van der Waals surface area contributed by atoms with Crippen molar-refractivity contribution in [3.05, 3.63) is 86.2 Å². The van der Waals surface area contributed by atoms with Crippen LogP contribution in [-0.4, -0.2) is 22.8 Å². The molecule has 0 fully saturated rings. The molecule has 1 amide bonds. The summed E-state index contributed by atoms with van der Waals surface area (Å²) in [6, 6.07) is 15.9. The number of aromatic nitrogens is 2. The van der Waals surface area contributed by atoms with Crippen LogP contribution >= 0.6 is 15.9 Å². The van der Waals surface area contributed by atoms with Crippen molar-refractivity contribution < 1.29 is 9.53 Å². The normalized spacial score (nSPS) is 10.5. The van der Waals surface area contributed by atoms with Crippen LogP contribution in [0.15, 0.2) is 63.9 Å². The molecule has 0 unspecified atom stereocenters. The molecule has 0 saturated carbocycles. The number of halogens is 1. The van der Waals surface area contributed by atoms with Gasteiger partial charge in [0, 0.05) is 10.0 Å². The molecule has 0 radical (unpaired) electrons. The maximum Gasteiger partial charge on any atom is 0.290 e. The molecular formula is C20H18BrN3O3. The zero-order valence-electron chi connectivity index (χ0n) is 14.9. The number of rotatable bonds is 5. The minimum absolute atomic E-state index is 0.193. The minimum atomic E-state index is -0.367. The highest BCUT2D eigenvalue weighted by molar-refractivity contribution is 9.10. The largest absolute Gasteiger partial charge is 0.497 e. The van der Waals surface area contributed by atoms with Crippen LogP contribution in [0.25, 0.3) is 0 Å². The lowest BCUT2D eigenvalue weighted by atomic mass is 10.2. The van der Waals surface area contributed by atoms with Gasteiger partial charge in [-0.05, 0) is 55.0 Å². The molecule has 1 aromatic heterocycles. The van der Waals surface area contributed by atoms with Gasteiger partial charge < -0.3 is 10.1 Å².